The Hall–Kier alpha value is -1.67. The van der Waals surface area contributed by atoms with Crippen LogP contribution in [0.2, 0.25) is 0 Å². The molecule has 0 saturated heterocycles. The van der Waals surface area contributed by atoms with Crippen molar-refractivity contribution in [2.45, 2.75) is 25.7 Å². The molecule has 0 aliphatic carbocycles. The van der Waals surface area contributed by atoms with E-state index in [0.29, 0.717) is 6.54 Å². The number of aryl methyl sites for hydroxylation is 1. The average Bonchev–Trinajstić information content (AvgIpc) is 2.46. The molecule has 2 aromatic rings. The minimum Gasteiger partial charge on any atom is -0.330 e. The normalized spacial score (nSPS) is 12.4. The summed E-state index contributed by atoms with van der Waals surface area (Å²) in [5, 5.41) is 0. The van der Waals surface area contributed by atoms with Gasteiger partial charge in [-0.05, 0) is 48.2 Å². The molecule has 0 aromatic heterocycles. The highest BCUT2D eigenvalue weighted by molar-refractivity contribution is 5.34. The Morgan fingerprint density at radius 2 is 1.47 bits per heavy atom. The van der Waals surface area contributed by atoms with E-state index >= 15 is 0 Å². The first kappa shape index (κ1) is 13.8. The Bertz CT molecular complexity index is 502. The highest BCUT2D eigenvalue weighted by atomic mass is 19.1. The van der Waals surface area contributed by atoms with Crippen LogP contribution in [-0.4, -0.2) is 6.54 Å². The van der Waals surface area contributed by atoms with Crippen molar-refractivity contribution in [2.75, 3.05) is 6.54 Å². The number of benzene rings is 2. The fraction of sp³-hybridized carbons (Fsp3) is 0.294. The van der Waals surface area contributed by atoms with Crippen molar-refractivity contribution in [3.8, 4) is 0 Å². The first-order chi connectivity index (χ1) is 9.24. The number of nitrogens with two attached hydrogens (primary N) is 1. The summed E-state index contributed by atoms with van der Waals surface area (Å²) in [4.78, 5) is 0. The number of hydrogen-bond acceptors (Lipinski definition) is 1. The first-order valence-electron chi connectivity index (χ1n) is 6.79. The Morgan fingerprint density at radius 3 is 1.95 bits per heavy atom. The van der Waals surface area contributed by atoms with E-state index in [1.54, 1.807) is 0 Å². The van der Waals surface area contributed by atoms with Crippen LogP contribution in [0.3, 0.4) is 0 Å². The second-order valence-corrected chi connectivity index (χ2v) is 4.78. The molecule has 1 atom stereocenters. The van der Waals surface area contributed by atoms with Gasteiger partial charge in [-0.2, -0.15) is 0 Å². The third-order valence-electron chi connectivity index (χ3n) is 3.52. The van der Waals surface area contributed by atoms with Gasteiger partial charge in [0.25, 0.3) is 0 Å². The highest BCUT2D eigenvalue weighted by Crippen LogP contribution is 2.28. The minimum absolute atomic E-state index is 0.198. The van der Waals surface area contributed by atoms with Crippen LogP contribution in [0.4, 0.5) is 4.39 Å². The molecule has 19 heavy (non-hydrogen) atoms. The molecule has 1 unspecified atom stereocenters. The third-order valence-corrected chi connectivity index (χ3v) is 3.52. The van der Waals surface area contributed by atoms with Crippen LogP contribution in [0.1, 0.15) is 36.0 Å². The van der Waals surface area contributed by atoms with E-state index < -0.39 is 0 Å². The van der Waals surface area contributed by atoms with Gasteiger partial charge in [-0.3, -0.25) is 0 Å². The fourth-order valence-electron chi connectivity index (χ4n) is 2.37. The summed E-state index contributed by atoms with van der Waals surface area (Å²) in [5.74, 6) is 0.0492. The molecule has 0 bridgehead atoms. The molecule has 0 heterocycles. The molecule has 2 N–H and O–H groups in total. The van der Waals surface area contributed by atoms with E-state index in [4.69, 9.17) is 5.73 Å². The zero-order valence-corrected chi connectivity index (χ0v) is 11.3. The molecule has 0 aliphatic rings. The summed E-state index contributed by atoms with van der Waals surface area (Å²) in [5.41, 5.74) is 9.41. The molecule has 2 rings (SSSR count). The van der Waals surface area contributed by atoms with Crippen LogP contribution in [0.25, 0.3) is 0 Å². The van der Waals surface area contributed by atoms with Gasteiger partial charge >= 0.3 is 0 Å². The van der Waals surface area contributed by atoms with Crippen molar-refractivity contribution < 1.29 is 4.39 Å². The van der Waals surface area contributed by atoms with Crippen LogP contribution in [0.5, 0.6) is 0 Å². The second-order valence-electron chi connectivity index (χ2n) is 4.78. The first-order valence-corrected chi connectivity index (χ1v) is 6.79. The maximum atomic E-state index is 13.0. The largest absolute Gasteiger partial charge is 0.330 e. The van der Waals surface area contributed by atoms with Crippen molar-refractivity contribution in [3.05, 3.63) is 71.0 Å². The average molecular weight is 257 g/mol. The summed E-state index contributed by atoms with van der Waals surface area (Å²) < 4.78 is 13.0. The summed E-state index contributed by atoms with van der Waals surface area (Å²) >= 11 is 0. The topological polar surface area (TPSA) is 26.0 Å². The molecule has 0 saturated carbocycles. The molecule has 0 amide bonds. The zero-order chi connectivity index (χ0) is 13.7. The Morgan fingerprint density at radius 1 is 0.947 bits per heavy atom. The van der Waals surface area contributed by atoms with Gasteiger partial charge < -0.3 is 5.73 Å². The molecular weight excluding hydrogens is 237 g/mol. The van der Waals surface area contributed by atoms with Crippen LogP contribution in [-0.2, 0) is 6.42 Å². The predicted octanol–water partition coefficient (Wildman–Crippen LogP) is 3.87. The van der Waals surface area contributed by atoms with Crippen LogP contribution >= 0.6 is 0 Å². The lowest BCUT2D eigenvalue weighted by atomic mass is 9.88. The second kappa shape index (κ2) is 6.48. The molecule has 0 fully saturated rings. The van der Waals surface area contributed by atoms with E-state index in [0.717, 1.165) is 18.4 Å². The summed E-state index contributed by atoms with van der Waals surface area (Å²) in [6.45, 7) is 2.77. The molecule has 0 radical (unpaired) electrons. The minimum atomic E-state index is -0.198. The zero-order valence-electron chi connectivity index (χ0n) is 11.3. The van der Waals surface area contributed by atoms with Gasteiger partial charge in [0.15, 0.2) is 0 Å². The van der Waals surface area contributed by atoms with Crippen molar-refractivity contribution in [2.24, 2.45) is 5.73 Å². The van der Waals surface area contributed by atoms with Crippen molar-refractivity contribution in [1.82, 2.24) is 0 Å². The summed E-state index contributed by atoms with van der Waals surface area (Å²) in [6.07, 6.45) is 1.91. The number of rotatable bonds is 5. The fourth-order valence-corrected chi connectivity index (χ4v) is 2.37. The molecule has 0 spiro atoms. The molecule has 2 heteroatoms. The van der Waals surface area contributed by atoms with Crippen molar-refractivity contribution >= 4 is 0 Å². The van der Waals surface area contributed by atoms with Gasteiger partial charge in [-0.25, -0.2) is 4.39 Å². The Labute approximate surface area is 114 Å². The van der Waals surface area contributed by atoms with Gasteiger partial charge in [-0.15, -0.1) is 0 Å². The lowest BCUT2D eigenvalue weighted by Gasteiger charge is -2.17. The molecule has 2 aromatic carbocycles. The van der Waals surface area contributed by atoms with Gasteiger partial charge in [0.2, 0.25) is 0 Å². The smallest absolute Gasteiger partial charge is 0.123 e. The molecule has 100 valence electrons. The van der Waals surface area contributed by atoms with Crippen molar-refractivity contribution in [1.29, 1.82) is 0 Å². The molecular formula is C17H20FN. The maximum Gasteiger partial charge on any atom is 0.123 e. The summed E-state index contributed by atoms with van der Waals surface area (Å²) in [7, 11) is 0. The van der Waals surface area contributed by atoms with E-state index in [1.165, 1.54) is 23.3 Å². The monoisotopic (exact) mass is 257 g/mol. The van der Waals surface area contributed by atoms with E-state index in [1.807, 2.05) is 12.1 Å². The number of halogens is 1. The molecule has 1 nitrogen and oxygen atoms in total. The van der Waals surface area contributed by atoms with Crippen LogP contribution in [0.15, 0.2) is 48.5 Å². The van der Waals surface area contributed by atoms with Crippen LogP contribution < -0.4 is 5.73 Å². The van der Waals surface area contributed by atoms with Gasteiger partial charge in [0.05, 0.1) is 0 Å². The quantitative estimate of drug-likeness (QED) is 0.864. The van der Waals surface area contributed by atoms with E-state index in [2.05, 4.69) is 31.2 Å². The SMILES string of the molecule is CCc1ccc(C(CCN)c2ccc(F)cc2)cc1. The van der Waals surface area contributed by atoms with Gasteiger partial charge in [-0.1, -0.05) is 43.3 Å². The summed E-state index contributed by atoms with van der Waals surface area (Å²) in [6, 6.07) is 15.3. The van der Waals surface area contributed by atoms with Gasteiger partial charge in [0.1, 0.15) is 5.82 Å². The van der Waals surface area contributed by atoms with E-state index in [9.17, 15) is 4.39 Å². The number of hydrogen-bond donors (Lipinski definition) is 1. The predicted molar refractivity (Wildman–Crippen MR) is 77.7 cm³/mol. The standard InChI is InChI=1S/C17H20FN/c1-2-13-3-5-14(6-4-13)17(11-12-19)15-7-9-16(18)10-8-15/h3-10,17H,2,11-12,19H2,1H3. The lowest BCUT2D eigenvalue weighted by Crippen LogP contribution is -2.09. The highest BCUT2D eigenvalue weighted by Gasteiger charge is 2.13. The third kappa shape index (κ3) is 3.42. The Balaban J connectivity index is 2.30. The molecule has 0 aliphatic heterocycles. The van der Waals surface area contributed by atoms with Crippen LogP contribution in [0, 0.1) is 5.82 Å². The van der Waals surface area contributed by atoms with Gasteiger partial charge in [0, 0.05) is 5.92 Å². The Kier molecular flexibility index (Phi) is 4.69. The van der Waals surface area contributed by atoms with Crippen molar-refractivity contribution in [3.63, 3.8) is 0 Å². The van der Waals surface area contributed by atoms with E-state index in [-0.39, 0.29) is 11.7 Å². The maximum absolute atomic E-state index is 13.0. The lowest BCUT2D eigenvalue weighted by molar-refractivity contribution is 0.625.